The molecule has 0 unspecified atom stereocenters. The van der Waals surface area contributed by atoms with E-state index in [-0.39, 0.29) is 11.0 Å². The van der Waals surface area contributed by atoms with Crippen LogP contribution in [0.25, 0.3) is 0 Å². The Morgan fingerprint density at radius 2 is 1.89 bits per heavy atom. The van der Waals surface area contributed by atoms with Crippen molar-refractivity contribution in [2.24, 2.45) is 0 Å². The number of carbonyl (C=O) groups is 1. The number of ether oxygens (including phenoxy) is 1. The van der Waals surface area contributed by atoms with Crippen LogP contribution in [0.4, 0.5) is 5.69 Å². The number of hydrogen-bond donors (Lipinski definition) is 2. The van der Waals surface area contributed by atoms with Crippen LogP contribution in [0.1, 0.15) is 43.0 Å². The minimum absolute atomic E-state index is 0.141. The van der Waals surface area contributed by atoms with Crippen molar-refractivity contribution in [1.29, 1.82) is 0 Å². The first-order chi connectivity index (χ1) is 13.0. The smallest absolute Gasteiger partial charge is 0.261 e. The summed E-state index contributed by atoms with van der Waals surface area (Å²) in [4.78, 5) is 12.6. The normalized spacial score (nSPS) is 10.3. The monoisotopic (exact) mass is 424 g/mol. The van der Waals surface area contributed by atoms with Crippen LogP contribution in [-0.2, 0) is 0 Å². The number of hydrogen-bond acceptors (Lipinski definition) is 3. The predicted molar refractivity (Wildman–Crippen MR) is 116 cm³/mol. The summed E-state index contributed by atoms with van der Waals surface area (Å²) < 4.78 is 5.78. The van der Waals surface area contributed by atoms with Gasteiger partial charge in [-0.05, 0) is 49.0 Å². The largest absolute Gasteiger partial charge is 0.493 e. The molecule has 0 saturated carbocycles. The molecular weight excluding hydrogens is 403 g/mol. The van der Waals surface area contributed by atoms with Crippen LogP contribution in [0, 0.1) is 0 Å². The highest BCUT2D eigenvalue weighted by molar-refractivity contribution is 7.80. The number of rotatable bonds is 8. The van der Waals surface area contributed by atoms with Gasteiger partial charge in [-0.15, -0.1) is 0 Å². The van der Waals surface area contributed by atoms with Gasteiger partial charge in [0.25, 0.3) is 5.91 Å². The van der Waals surface area contributed by atoms with Gasteiger partial charge in [0.1, 0.15) is 5.75 Å². The first-order valence-corrected chi connectivity index (χ1v) is 9.97. The third-order valence-electron chi connectivity index (χ3n) is 3.79. The minimum atomic E-state index is -0.346. The molecule has 2 aromatic carbocycles. The van der Waals surface area contributed by atoms with Crippen molar-refractivity contribution >= 4 is 52.1 Å². The van der Waals surface area contributed by atoms with Gasteiger partial charge in [0.05, 0.1) is 22.9 Å². The number of nitrogens with one attached hydrogen (secondary N) is 2. The summed E-state index contributed by atoms with van der Waals surface area (Å²) in [5.41, 5.74) is 0.992. The Morgan fingerprint density at radius 3 is 2.63 bits per heavy atom. The number of carbonyl (C=O) groups excluding carboxylic acids is 1. The summed E-state index contributed by atoms with van der Waals surface area (Å²) in [5.74, 6) is 0.195. The zero-order chi connectivity index (χ0) is 19.6. The van der Waals surface area contributed by atoms with Gasteiger partial charge >= 0.3 is 0 Å². The van der Waals surface area contributed by atoms with Crippen molar-refractivity contribution in [2.75, 3.05) is 11.9 Å². The number of amides is 1. The molecule has 2 N–H and O–H groups in total. The van der Waals surface area contributed by atoms with Crippen molar-refractivity contribution in [3.63, 3.8) is 0 Å². The molecular formula is C20H22Cl2N2O2S. The number of halogens is 2. The van der Waals surface area contributed by atoms with Gasteiger partial charge in [-0.3, -0.25) is 10.1 Å². The van der Waals surface area contributed by atoms with Crippen molar-refractivity contribution in [3.05, 3.63) is 58.1 Å². The Hall–Kier alpha value is -1.82. The molecule has 0 aliphatic rings. The average molecular weight is 425 g/mol. The maximum Gasteiger partial charge on any atom is 0.261 e. The highest BCUT2D eigenvalue weighted by Crippen LogP contribution is 2.25. The third kappa shape index (κ3) is 7.01. The second-order valence-electron chi connectivity index (χ2n) is 5.94. The van der Waals surface area contributed by atoms with Gasteiger partial charge in [0.15, 0.2) is 5.11 Å². The maximum atomic E-state index is 12.6. The molecule has 144 valence electrons. The van der Waals surface area contributed by atoms with Crippen molar-refractivity contribution in [3.8, 4) is 5.75 Å². The molecule has 27 heavy (non-hydrogen) atoms. The summed E-state index contributed by atoms with van der Waals surface area (Å²) in [7, 11) is 0. The molecule has 0 aliphatic heterocycles. The highest BCUT2D eigenvalue weighted by Gasteiger charge is 2.14. The van der Waals surface area contributed by atoms with E-state index in [2.05, 4.69) is 17.6 Å². The number of thiocarbonyl (C=S) groups is 1. The topological polar surface area (TPSA) is 50.4 Å². The zero-order valence-electron chi connectivity index (χ0n) is 15.1. The molecule has 2 rings (SSSR count). The van der Waals surface area contributed by atoms with Crippen molar-refractivity contribution < 1.29 is 9.53 Å². The lowest BCUT2D eigenvalue weighted by Crippen LogP contribution is -2.34. The third-order valence-corrected chi connectivity index (χ3v) is 4.55. The fourth-order valence-electron chi connectivity index (χ4n) is 2.41. The SMILES string of the molecule is CCCCCCOc1ccccc1C(=O)NC(=S)Nc1ccc(Cl)cc1Cl. The Kier molecular flexibility index (Phi) is 8.85. The first-order valence-electron chi connectivity index (χ1n) is 8.80. The predicted octanol–water partition coefficient (Wildman–Crippen LogP) is 6.08. The van der Waals surface area contributed by atoms with E-state index >= 15 is 0 Å². The molecule has 7 heteroatoms. The van der Waals surface area contributed by atoms with Crippen LogP contribution >= 0.6 is 35.4 Å². The Morgan fingerprint density at radius 1 is 1.11 bits per heavy atom. The molecule has 0 atom stereocenters. The average Bonchev–Trinajstić information content (AvgIpc) is 2.64. The van der Waals surface area contributed by atoms with Crippen LogP contribution in [0.5, 0.6) is 5.75 Å². The van der Waals surface area contributed by atoms with Crippen LogP contribution in [-0.4, -0.2) is 17.6 Å². The van der Waals surface area contributed by atoms with Crippen LogP contribution in [0.3, 0.4) is 0 Å². The lowest BCUT2D eigenvalue weighted by molar-refractivity contribution is 0.0973. The summed E-state index contributed by atoms with van der Waals surface area (Å²) >= 11 is 17.2. The molecule has 4 nitrogen and oxygen atoms in total. The van der Waals surface area contributed by atoms with Crippen LogP contribution in [0.2, 0.25) is 10.0 Å². The number of para-hydroxylation sites is 1. The zero-order valence-corrected chi connectivity index (χ0v) is 17.4. The van der Waals surface area contributed by atoms with Gasteiger partial charge in [0.2, 0.25) is 0 Å². The molecule has 0 fully saturated rings. The van der Waals surface area contributed by atoms with Gasteiger partial charge in [0, 0.05) is 5.02 Å². The van der Waals surface area contributed by atoms with Gasteiger partial charge in [-0.2, -0.15) is 0 Å². The second-order valence-corrected chi connectivity index (χ2v) is 7.19. The maximum absolute atomic E-state index is 12.6. The highest BCUT2D eigenvalue weighted by atomic mass is 35.5. The van der Waals surface area contributed by atoms with Gasteiger partial charge < -0.3 is 10.1 Å². The summed E-state index contributed by atoms with van der Waals surface area (Å²) in [6.45, 7) is 2.74. The molecule has 0 aromatic heterocycles. The molecule has 0 bridgehead atoms. The fraction of sp³-hybridized carbons (Fsp3) is 0.300. The van der Waals surface area contributed by atoms with E-state index in [1.165, 1.54) is 12.8 Å². The molecule has 0 heterocycles. The fourth-order valence-corrected chi connectivity index (χ4v) is 3.06. The number of unbranched alkanes of at least 4 members (excludes halogenated alkanes) is 3. The number of anilines is 1. The summed E-state index contributed by atoms with van der Waals surface area (Å²) in [6, 6.07) is 12.1. The van der Waals surface area contributed by atoms with Crippen LogP contribution in [0.15, 0.2) is 42.5 Å². The van der Waals surface area contributed by atoms with E-state index in [0.29, 0.717) is 33.7 Å². The van der Waals surface area contributed by atoms with E-state index in [4.69, 9.17) is 40.2 Å². The van der Waals surface area contributed by atoms with E-state index in [1.807, 2.05) is 6.07 Å². The summed E-state index contributed by atoms with van der Waals surface area (Å²) in [6.07, 6.45) is 4.42. The van der Waals surface area contributed by atoms with Crippen LogP contribution < -0.4 is 15.4 Å². The molecule has 0 spiro atoms. The van der Waals surface area contributed by atoms with Gasteiger partial charge in [-0.1, -0.05) is 61.5 Å². The molecule has 2 aromatic rings. The Balaban J connectivity index is 1.95. The quantitative estimate of drug-likeness (QED) is 0.398. The minimum Gasteiger partial charge on any atom is -0.493 e. The van der Waals surface area contributed by atoms with E-state index in [0.717, 1.165) is 12.8 Å². The first kappa shape index (κ1) is 21.5. The van der Waals surface area contributed by atoms with E-state index in [1.54, 1.807) is 36.4 Å². The van der Waals surface area contributed by atoms with Crippen molar-refractivity contribution in [2.45, 2.75) is 32.6 Å². The lowest BCUT2D eigenvalue weighted by Gasteiger charge is -2.13. The molecule has 1 amide bonds. The lowest BCUT2D eigenvalue weighted by atomic mass is 10.2. The Bertz CT molecular complexity index is 799. The number of benzene rings is 2. The molecule has 0 aliphatic carbocycles. The van der Waals surface area contributed by atoms with E-state index in [9.17, 15) is 4.79 Å². The molecule has 0 radical (unpaired) electrons. The standard InChI is InChI=1S/C20H22Cl2N2O2S/c1-2-3-4-7-12-26-18-9-6-5-8-15(18)19(25)24-20(27)23-17-11-10-14(21)13-16(17)22/h5-6,8-11,13H,2-4,7,12H2,1H3,(H2,23,24,25,27). The van der Waals surface area contributed by atoms with Gasteiger partial charge in [-0.25, -0.2) is 0 Å². The summed E-state index contributed by atoms with van der Waals surface area (Å²) in [5, 5.41) is 6.61. The second kappa shape index (κ2) is 11.1. The molecule has 0 saturated heterocycles. The Labute approximate surface area is 175 Å². The van der Waals surface area contributed by atoms with Crippen molar-refractivity contribution in [1.82, 2.24) is 5.32 Å². The van der Waals surface area contributed by atoms with E-state index < -0.39 is 0 Å².